The highest BCUT2D eigenvalue weighted by atomic mass is 16.2. The average molecular weight is 356 g/mol. The molecule has 2 aromatic heterocycles. The molecule has 7 heteroatoms. The molecule has 2 fully saturated rings. The second-order valence-corrected chi connectivity index (χ2v) is 7.48. The molecule has 140 valence electrons. The molecule has 2 aliphatic rings. The molecular formula is C19H28N6O. The van der Waals surface area contributed by atoms with Gasteiger partial charge in [0.05, 0.1) is 18.3 Å². The van der Waals surface area contributed by atoms with Crippen molar-refractivity contribution < 1.29 is 4.79 Å². The summed E-state index contributed by atoms with van der Waals surface area (Å²) in [4.78, 5) is 19.9. The average Bonchev–Trinajstić information content (AvgIpc) is 3.07. The smallest absolute Gasteiger partial charge is 0.257 e. The predicted molar refractivity (Wildman–Crippen MR) is 98.6 cm³/mol. The molecule has 0 aromatic carbocycles. The van der Waals surface area contributed by atoms with Crippen LogP contribution in [-0.4, -0.2) is 49.3 Å². The Labute approximate surface area is 154 Å². The second-order valence-electron chi connectivity index (χ2n) is 7.48. The van der Waals surface area contributed by atoms with Gasteiger partial charge in [0.2, 0.25) is 0 Å². The van der Waals surface area contributed by atoms with Crippen molar-refractivity contribution in [2.24, 2.45) is 5.41 Å². The van der Waals surface area contributed by atoms with E-state index in [4.69, 9.17) is 0 Å². The Morgan fingerprint density at radius 2 is 2.15 bits per heavy atom. The Bertz CT molecular complexity index is 773. The van der Waals surface area contributed by atoms with Gasteiger partial charge in [-0.3, -0.25) is 9.48 Å². The SMILES string of the molecule is CCn1cc(C(=O)N(Cc2nccn2CC)C2CC23CCNCC3)cn1. The van der Waals surface area contributed by atoms with E-state index in [0.29, 0.717) is 23.6 Å². The Balaban J connectivity index is 1.60. The summed E-state index contributed by atoms with van der Waals surface area (Å²) < 4.78 is 3.93. The second kappa shape index (κ2) is 6.87. The molecule has 1 aliphatic carbocycles. The van der Waals surface area contributed by atoms with Crippen LogP contribution >= 0.6 is 0 Å². The fourth-order valence-corrected chi connectivity index (χ4v) is 4.30. The van der Waals surface area contributed by atoms with Gasteiger partial charge in [-0.2, -0.15) is 5.10 Å². The van der Waals surface area contributed by atoms with Crippen LogP contribution < -0.4 is 5.32 Å². The normalized spacial score (nSPS) is 21.1. The van der Waals surface area contributed by atoms with Crippen LogP contribution in [0.15, 0.2) is 24.8 Å². The number of amides is 1. The number of hydrogen-bond donors (Lipinski definition) is 1. The van der Waals surface area contributed by atoms with E-state index in [2.05, 4.69) is 31.8 Å². The van der Waals surface area contributed by atoms with Gasteiger partial charge in [0.25, 0.3) is 5.91 Å². The van der Waals surface area contributed by atoms with E-state index in [1.54, 1.807) is 6.20 Å². The zero-order valence-corrected chi connectivity index (χ0v) is 15.7. The number of piperidine rings is 1. The van der Waals surface area contributed by atoms with Crippen molar-refractivity contribution in [1.82, 2.24) is 29.5 Å². The first kappa shape index (κ1) is 17.3. The molecule has 4 rings (SSSR count). The summed E-state index contributed by atoms with van der Waals surface area (Å²) >= 11 is 0. The van der Waals surface area contributed by atoms with Gasteiger partial charge in [0, 0.05) is 37.7 Å². The minimum absolute atomic E-state index is 0.0794. The van der Waals surface area contributed by atoms with Gasteiger partial charge < -0.3 is 14.8 Å². The number of carbonyl (C=O) groups is 1. The third-order valence-electron chi connectivity index (χ3n) is 6.04. The van der Waals surface area contributed by atoms with Gasteiger partial charge in [-0.25, -0.2) is 4.98 Å². The molecule has 1 amide bonds. The lowest BCUT2D eigenvalue weighted by atomic mass is 9.93. The van der Waals surface area contributed by atoms with Gasteiger partial charge in [0.15, 0.2) is 0 Å². The first-order valence-corrected chi connectivity index (χ1v) is 9.71. The van der Waals surface area contributed by atoms with Crippen molar-refractivity contribution in [1.29, 1.82) is 0 Å². The van der Waals surface area contributed by atoms with Crippen LogP contribution in [0.25, 0.3) is 0 Å². The van der Waals surface area contributed by atoms with Gasteiger partial charge in [-0.15, -0.1) is 0 Å². The van der Waals surface area contributed by atoms with E-state index in [-0.39, 0.29) is 5.91 Å². The maximum Gasteiger partial charge on any atom is 0.257 e. The summed E-state index contributed by atoms with van der Waals surface area (Å²) in [5, 5.41) is 7.73. The van der Waals surface area contributed by atoms with Gasteiger partial charge in [-0.1, -0.05) is 0 Å². The van der Waals surface area contributed by atoms with Crippen LogP contribution in [0.3, 0.4) is 0 Å². The van der Waals surface area contributed by atoms with Gasteiger partial charge >= 0.3 is 0 Å². The van der Waals surface area contributed by atoms with Crippen LogP contribution in [0.1, 0.15) is 49.3 Å². The minimum Gasteiger partial charge on any atom is -0.334 e. The Morgan fingerprint density at radius 1 is 1.35 bits per heavy atom. The van der Waals surface area contributed by atoms with Crippen molar-refractivity contribution in [3.05, 3.63) is 36.2 Å². The predicted octanol–water partition coefficient (Wildman–Crippen LogP) is 1.90. The molecule has 0 bridgehead atoms. The lowest BCUT2D eigenvalue weighted by Crippen LogP contribution is -2.39. The molecule has 1 N–H and O–H groups in total. The van der Waals surface area contributed by atoms with E-state index >= 15 is 0 Å². The summed E-state index contributed by atoms with van der Waals surface area (Å²) in [5.41, 5.74) is 0.975. The number of nitrogens with zero attached hydrogens (tertiary/aromatic N) is 5. The standard InChI is InChI=1S/C19H28N6O/c1-3-23-10-9-21-17(23)14-25(16-11-19(16)5-7-20-8-6-19)18(26)15-12-22-24(4-2)13-15/h9-10,12-13,16,20H,3-8,11,14H2,1-2H3. The lowest BCUT2D eigenvalue weighted by Gasteiger charge is -2.29. The van der Waals surface area contributed by atoms with Crippen molar-refractivity contribution >= 4 is 5.91 Å². The number of aryl methyl sites for hydroxylation is 2. The molecule has 1 unspecified atom stereocenters. The van der Waals surface area contributed by atoms with E-state index < -0.39 is 0 Å². The largest absolute Gasteiger partial charge is 0.334 e. The van der Waals surface area contributed by atoms with E-state index in [0.717, 1.165) is 51.3 Å². The summed E-state index contributed by atoms with van der Waals surface area (Å²) in [7, 11) is 0. The number of carbonyl (C=O) groups excluding carboxylic acids is 1. The van der Waals surface area contributed by atoms with Crippen LogP contribution in [-0.2, 0) is 19.6 Å². The van der Waals surface area contributed by atoms with Crippen molar-refractivity contribution in [3.8, 4) is 0 Å². The first-order chi connectivity index (χ1) is 12.7. The molecule has 1 aliphatic heterocycles. The highest BCUT2D eigenvalue weighted by molar-refractivity contribution is 5.94. The molecule has 7 nitrogen and oxygen atoms in total. The summed E-state index contributed by atoms with van der Waals surface area (Å²) in [6.07, 6.45) is 10.8. The van der Waals surface area contributed by atoms with Crippen LogP contribution in [0, 0.1) is 5.41 Å². The fourth-order valence-electron chi connectivity index (χ4n) is 4.30. The van der Waals surface area contributed by atoms with Crippen LogP contribution in [0.2, 0.25) is 0 Å². The highest BCUT2D eigenvalue weighted by Crippen LogP contribution is 2.56. The number of imidazole rings is 1. The Morgan fingerprint density at radius 3 is 2.85 bits per heavy atom. The highest BCUT2D eigenvalue weighted by Gasteiger charge is 2.58. The third-order valence-corrected chi connectivity index (χ3v) is 6.04. The maximum atomic E-state index is 13.3. The third kappa shape index (κ3) is 3.05. The molecule has 1 spiro atoms. The summed E-state index contributed by atoms with van der Waals surface area (Å²) in [6, 6.07) is 0.309. The molecule has 3 heterocycles. The van der Waals surface area contributed by atoms with Crippen LogP contribution in [0.5, 0.6) is 0 Å². The van der Waals surface area contributed by atoms with Gasteiger partial charge in [-0.05, 0) is 51.6 Å². The minimum atomic E-state index is 0.0794. The fraction of sp³-hybridized carbons (Fsp3) is 0.632. The lowest BCUT2D eigenvalue weighted by molar-refractivity contribution is 0.0685. The van der Waals surface area contributed by atoms with E-state index in [1.165, 1.54) is 0 Å². The van der Waals surface area contributed by atoms with Crippen molar-refractivity contribution in [3.63, 3.8) is 0 Å². The van der Waals surface area contributed by atoms with Crippen molar-refractivity contribution in [2.45, 2.75) is 58.8 Å². The molecule has 1 saturated carbocycles. The molecule has 1 atom stereocenters. The van der Waals surface area contributed by atoms with Gasteiger partial charge in [0.1, 0.15) is 5.82 Å². The molecule has 2 aromatic rings. The number of rotatable bonds is 6. The summed E-state index contributed by atoms with van der Waals surface area (Å²) in [5.74, 6) is 1.04. The molecule has 1 saturated heterocycles. The quantitative estimate of drug-likeness (QED) is 0.858. The topological polar surface area (TPSA) is 68.0 Å². The summed E-state index contributed by atoms with van der Waals surface area (Å²) in [6.45, 7) is 8.44. The molecule has 26 heavy (non-hydrogen) atoms. The Kier molecular flexibility index (Phi) is 4.56. The van der Waals surface area contributed by atoms with E-state index in [1.807, 2.05) is 30.2 Å². The van der Waals surface area contributed by atoms with Crippen molar-refractivity contribution in [2.75, 3.05) is 13.1 Å². The molecular weight excluding hydrogens is 328 g/mol. The monoisotopic (exact) mass is 356 g/mol. The van der Waals surface area contributed by atoms with Crippen LogP contribution in [0.4, 0.5) is 0 Å². The number of nitrogens with one attached hydrogen (secondary N) is 1. The zero-order valence-electron chi connectivity index (χ0n) is 15.7. The molecule has 0 radical (unpaired) electrons. The maximum absolute atomic E-state index is 13.3. The zero-order chi connectivity index (χ0) is 18.1. The number of aromatic nitrogens is 4. The van der Waals surface area contributed by atoms with E-state index in [9.17, 15) is 4.79 Å². The Hall–Kier alpha value is -2.15. The first-order valence-electron chi connectivity index (χ1n) is 9.71. The number of hydrogen-bond acceptors (Lipinski definition) is 4.